The summed E-state index contributed by atoms with van der Waals surface area (Å²) in [6.45, 7) is 0. The molecule has 0 saturated carbocycles. The van der Waals surface area contributed by atoms with Gasteiger partial charge in [-0.15, -0.1) is 11.3 Å². The van der Waals surface area contributed by atoms with Gasteiger partial charge in [0, 0.05) is 0 Å². The van der Waals surface area contributed by atoms with E-state index in [0.29, 0.717) is 11.3 Å². The third-order valence-electron chi connectivity index (χ3n) is 3.46. The average Bonchev–Trinajstić information content (AvgIpc) is 2.57. The SMILES string of the molecule is O=c1cccc2sc3c([N+](=O)[O-])c([N+](=O)[O-])c([N+](=O)[O-])c([N+](=O)[O-])c3nc1-2.[KH]. The van der Waals surface area contributed by atoms with Crippen molar-refractivity contribution in [2.75, 3.05) is 0 Å². The van der Waals surface area contributed by atoms with Gasteiger partial charge in [-0.3, -0.25) is 45.3 Å². The van der Waals surface area contributed by atoms with Gasteiger partial charge in [0.05, 0.1) is 24.6 Å². The van der Waals surface area contributed by atoms with Crippen LogP contribution in [0.15, 0.2) is 23.0 Å². The molecule has 0 aromatic heterocycles. The molecule has 0 radical (unpaired) electrons. The van der Waals surface area contributed by atoms with Crippen LogP contribution in [0.25, 0.3) is 20.8 Å². The minimum atomic E-state index is -1.67. The topological polar surface area (TPSA) is 203 Å². The number of benzene rings is 2. The quantitative estimate of drug-likeness (QED) is 0.252. The fraction of sp³-hybridized carbons (Fsp3) is 0. The van der Waals surface area contributed by atoms with Crippen molar-refractivity contribution in [3.63, 3.8) is 0 Å². The molecule has 0 amide bonds. The number of nitro benzene ring substituents is 4. The van der Waals surface area contributed by atoms with Gasteiger partial charge in [-0.05, 0) is 12.1 Å². The minimum absolute atomic E-state index is 0. The molecule has 0 spiro atoms. The van der Waals surface area contributed by atoms with Crippen LogP contribution in [0.5, 0.6) is 0 Å². The summed E-state index contributed by atoms with van der Waals surface area (Å²) in [5.41, 5.74) is -7.83. The van der Waals surface area contributed by atoms with Crippen molar-refractivity contribution in [3.05, 3.63) is 68.9 Å². The predicted molar refractivity (Wildman–Crippen MR) is 96.3 cm³/mol. The van der Waals surface area contributed by atoms with Crippen LogP contribution in [0.2, 0.25) is 0 Å². The van der Waals surface area contributed by atoms with Crippen LogP contribution in [-0.4, -0.2) is 76.1 Å². The summed E-state index contributed by atoms with van der Waals surface area (Å²) in [5, 5.41) is 45.4. The molecule has 1 aliphatic heterocycles. The fourth-order valence-corrected chi connectivity index (χ4v) is 3.59. The van der Waals surface area contributed by atoms with Crippen LogP contribution in [0.1, 0.15) is 0 Å². The average molecular weight is 433 g/mol. The van der Waals surface area contributed by atoms with Crippen molar-refractivity contribution < 1.29 is 19.7 Å². The van der Waals surface area contributed by atoms with Crippen LogP contribution < -0.4 is 5.43 Å². The Hall–Kier alpha value is -2.50. The van der Waals surface area contributed by atoms with E-state index in [2.05, 4.69) is 4.98 Å². The van der Waals surface area contributed by atoms with E-state index in [1.165, 1.54) is 12.1 Å². The van der Waals surface area contributed by atoms with Crippen molar-refractivity contribution in [2.45, 2.75) is 0 Å². The number of fused-ring (bicyclic) bond motifs is 2. The molecular weight excluding hydrogens is 429 g/mol. The first-order valence-corrected chi connectivity index (χ1v) is 7.48. The molecule has 0 atom stereocenters. The Morgan fingerprint density at radius 1 is 0.786 bits per heavy atom. The number of nitro groups is 4. The Balaban J connectivity index is 0.00000280. The molecule has 1 aliphatic carbocycles. The number of para-hydroxylation sites is 1. The van der Waals surface area contributed by atoms with E-state index in [4.69, 9.17) is 0 Å². The van der Waals surface area contributed by atoms with E-state index >= 15 is 0 Å². The van der Waals surface area contributed by atoms with E-state index in [1.54, 1.807) is 0 Å². The first-order chi connectivity index (χ1) is 12.6. The van der Waals surface area contributed by atoms with Crippen LogP contribution in [-0.2, 0) is 0 Å². The van der Waals surface area contributed by atoms with Crippen LogP contribution in [0.4, 0.5) is 22.7 Å². The van der Waals surface area contributed by atoms with Gasteiger partial charge < -0.3 is 0 Å². The van der Waals surface area contributed by atoms with Gasteiger partial charge in [0.25, 0.3) is 0 Å². The number of nitrogens with zero attached hydrogens (tertiary/aromatic N) is 5. The van der Waals surface area contributed by atoms with E-state index in [-0.39, 0.29) is 62.0 Å². The molecule has 3 rings (SSSR count). The summed E-state index contributed by atoms with van der Waals surface area (Å²) < 4.78 is -0.623. The maximum absolute atomic E-state index is 11.9. The van der Waals surface area contributed by atoms with Crippen molar-refractivity contribution in [1.82, 2.24) is 4.98 Å². The Labute approximate surface area is 198 Å². The fourth-order valence-electron chi connectivity index (χ4n) is 2.47. The Morgan fingerprint density at radius 3 is 1.79 bits per heavy atom. The summed E-state index contributed by atoms with van der Waals surface area (Å²) in [5.74, 6) is 0. The van der Waals surface area contributed by atoms with Gasteiger partial charge in [-0.2, -0.15) is 0 Å². The van der Waals surface area contributed by atoms with Gasteiger partial charge in [0.2, 0.25) is 5.43 Å². The third-order valence-corrected chi connectivity index (χ3v) is 4.60. The molecule has 1 heterocycles. The summed E-state index contributed by atoms with van der Waals surface area (Å²) in [4.78, 5) is 55.7. The number of rotatable bonds is 4. The summed E-state index contributed by atoms with van der Waals surface area (Å²) in [6, 6.07) is 3.71. The molecular formula is C12H4KN5O9S. The molecule has 0 N–H and O–H groups in total. The zero-order chi connectivity index (χ0) is 20.0. The van der Waals surface area contributed by atoms with Gasteiger partial charge in [0.1, 0.15) is 10.4 Å². The predicted octanol–water partition coefficient (Wildman–Crippen LogP) is 1.75. The molecule has 138 valence electrons. The third kappa shape index (κ3) is 3.36. The molecule has 0 saturated heterocycles. The van der Waals surface area contributed by atoms with Gasteiger partial charge in [-0.1, -0.05) is 6.07 Å². The van der Waals surface area contributed by atoms with Crippen molar-refractivity contribution in [1.29, 1.82) is 0 Å². The van der Waals surface area contributed by atoms with Crippen LogP contribution in [0.3, 0.4) is 0 Å². The van der Waals surface area contributed by atoms with Crippen molar-refractivity contribution >= 4 is 95.7 Å². The van der Waals surface area contributed by atoms with E-state index in [1.807, 2.05) is 0 Å². The Bertz CT molecular complexity index is 1230. The molecule has 0 bridgehead atoms. The van der Waals surface area contributed by atoms with Crippen molar-refractivity contribution in [3.8, 4) is 10.6 Å². The number of hydrogen-bond acceptors (Lipinski definition) is 11. The number of hydrogen-bond donors (Lipinski definition) is 0. The monoisotopic (exact) mass is 433 g/mol. The van der Waals surface area contributed by atoms with Crippen LogP contribution >= 0.6 is 11.3 Å². The number of aromatic nitrogens is 1. The molecule has 14 nitrogen and oxygen atoms in total. The molecule has 28 heavy (non-hydrogen) atoms. The molecule has 0 unspecified atom stereocenters. The second-order valence-corrected chi connectivity index (χ2v) is 5.97. The second kappa shape index (κ2) is 7.85. The molecule has 1 aromatic carbocycles. The Kier molecular flexibility index (Phi) is 6.11. The van der Waals surface area contributed by atoms with Gasteiger partial charge in [0.15, 0.2) is 5.52 Å². The Morgan fingerprint density at radius 2 is 1.29 bits per heavy atom. The van der Waals surface area contributed by atoms with Crippen molar-refractivity contribution in [2.24, 2.45) is 0 Å². The zero-order valence-corrected chi connectivity index (χ0v) is 13.4. The molecule has 16 heteroatoms. The summed E-state index contributed by atoms with van der Waals surface area (Å²) >= 11 is 0.468. The summed E-state index contributed by atoms with van der Waals surface area (Å²) in [7, 11) is 0. The zero-order valence-electron chi connectivity index (χ0n) is 12.6. The normalized spacial score (nSPS) is 10.4. The van der Waals surface area contributed by atoms with Gasteiger partial charge >= 0.3 is 74.1 Å². The molecule has 0 fully saturated rings. The second-order valence-electron chi connectivity index (χ2n) is 4.92. The van der Waals surface area contributed by atoms with E-state index in [0.717, 1.165) is 6.07 Å². The molecule has 2 aliphatic rings. The first-order valence-electron chi connectivity index (χ1n) is 6.66. The van der Waals surface area contributed by atoms with Crippen LogP contribution in [0, 0.1) is 40.5 Å². The standard InChI is InChI=1S/C12H3N5O9S.K.H/c18-4-2-1-3-5-6(4)13-7-8(14(19)20)9(15(21)22)10(16(23)24)11(17(25)26)12(7)27-5;;/h1-3H;;. The van der Waals surface area contributed by atoms with E-state index < -0.39 is 58.1 Å². The summed E-state index contributed by atoms with van der Waals surface area (Å²) in [6.07, 6.45) is 0. The first kappa shape index (κ1) is 21.8. The maximum atomic E-state index is 11.9. The molecule has 1 aromatic rings. The van der Waals surface area contributed by atoms with Gasteiger partial charge in [-0.25, -0.2) is 4.98 Å². The van der Waals surface area contributed by atoms with E-state index in [9.17, 15) is 45.3 Å².